The number of rotatable bonds is 5. The van der Waals surface area contributed by atoms with Crippen LogP contribution in [-0.2, 0) is 7.05 Å². The summed E-state index contributed by atoms with van der Waals surface area (Å²) >= 11 is 0. The first-order chi connectivity index (χ1) is 10.6. The third-order valence-corrected chi connectivity index (χ3v) is 5.26. The van der Waals surface area contributed by atoms with Gasteiger partial charge in [-0.25, -0.2) is 0 Å². The molecule has 0 aliphatic carbocycles. The van der Waals surface area contributed by atoms with Gasteiger partial charge in [-0.2, -0.15) is 5.10 Å². The summed E-state index contributed by atoms with van der Waals surface area (Å²) in [5.41, 5.74) is 1.29. The molecule has 124 valence electrons. The Balaban J connectivity index is 1.51. The van der Waals surface area contributed by atoms with Crippen LogP contribution >= 0.6 is 0 Å². The Morgan fingerprint density at radius 2 is 2.00 bits per heavy atom. The molecule has 5 nitrogen and oxygen atoms in total. The molecular weight excluding hydrogens is 276 g/mol. The standard InChI is InChI=1S/C17H30N4O/c1-14-5-8-20(9-6-14)12-16(22)13-21-7-3-4-17(21)15-10-18-19(2)11-15/h10-11,14,16-17,22H,3-9,12-13H2,1-2H3/t16-,17-/m0/s1. The third-order valence-electron chi connectivity index (χ3n) is 5.26. The van der Waals surface area contributed by atoms with Crippen molar-refractivity contribution in [2.24, 2.45) is 13.0 Å². The Bertz CT molecular complexity index is 467. The van der Waals surface area contributed by atoms with Gasteiger partial charge in [0.05, 0.1) is 12.3 Å². The molecule has 2 aliphatic heterocycles. The molecule has 2 saturated heterocycles. The van der Waals surface area contributed by atoms with E-state index in [-0.39, 0.29) is 6.10 Å². The average Bonchev–Trinajstić information content (AvgIpc) is 3.10. The topological polar surface area (TPSA) is 44.5 Å². The van der Waals surface area contributed by atoms with Gasteiger partial charge in [0.2, 0.25) is 0 Å². The number of likely N-dealkylation sites (tertiary alicyclic amines) is 2. The molecule has 3 heterocycles. The van der Waals surface area contributed by atoms with E-state index < -0.39 is 0 Å². The largest absolute Gasteiger partial charge is 0.390 e. The van der Waals surface area contributed by atoms with Crippen LogP contribution in [0.4, 0.5) is 0 Å². The van der Waals surface area contributed by atoms with Gasteiger partial charge >= 0.3 is 0 Å². The number of aromatic nitrogens is 2. The van der Waals surface area contributed by atoms with Gasteiger partial charge in [-0.05, 0) is 51.2 Å². The van der Waals surface area contributed by atoms with Crippen molar-refractivity contribution in [1.29, 1.82) is 0 Å². The van der Waals surface area contributed by atoms with Crippen LogP contribution in [0.2, 0.25) is 0 Å². The van der Waals surface area contributed by atoms with E-state index >= 15 is 0 Å². The van der Waals surface area contributed by atoms with E-state index in [0.29, 0.717) is 6.04 Å². The maximum Gasteiger partial charge on any atom is 0.0794 e. The molecule has 0 aromatic carbocycles. The number of hydrogen-bond donors (Lipinski definition) is 1. The first-order valence-electron chi connectivity index (χ1n) is 8.75. The first kappa shape index (κ1) is 16.0. The van der Waals surface area contributed by atoms with Crippen molar-refractivity contribution in [3.05, 3.63) is 18.0 Å². The van der Waals surface area contributed by atoms with E-state index in [2.05, 4.69) is 28.0 Å². The third kappa shape index (κ3) is 3.89. The Morgan fingerprint density at radius 1 is 1.23 bits per heavy atom. The lowest BCUT2D eigenvalue weighted by molar-refractivity contribution is 0.0576. The Labute approximate surface area is 133 Å². The second-order valence-corrected chi connectivity index (χ2v) is 7.24. The summed E-state index contributed by atoms with van der Waals surface area (Å²) < 4.78 is 1.87. The number of aliphatic hydroxyl groups excluding tert-OH is 1. The van der Waals surface area contributed by atoms with Crippen LogP contribution in [0.5, 0.6) is 0 Å². The van der Waals surface area contributed by atoms with Crippen molar-refractivity contribution in [3.63, 3.8) is 0 Å². The summed E-state index contributed by atoms with van der Waals surface area (Å²) in [5.74, 6) is 0.849. The molecule has 2 fully saturated rings. The van der Waals surface area contributed by atoms with E-state index in [4.69, 9.17) is 0 Å². The molecule has 0 unspecified atom stereocenters. The van der Waals surface area contributed by atoms with Gasteiger partial charge in [0.1, 0.15) is 0 Å². The molecule has 5 heteroatoms. The summed E-state index contributed by atoms with van der Waals surface area (Å²) in [6.45, 7) is 7.31. The summed E-state index contributed by atoms with van der Waals surface area (Å²) in [6.07, 6.45) is 8.78. The fourth-order valence-corrected chi connectivity index (χ4v) is 3.91. The normalized spacial score (nSPS) is 26.6. The van der Waals surface area contributed by atoms with E-state index in [1.807, 2.05) is 17.9 Å². The molecule has 0 spiro atoms. The molecule has 2 aliphatic rings. The fraction of sp³-hybridized carbons (Fsp3) is 0.824. The highest BCUT2D eigenvalue weighted by molar-refractivity contribution is 5.12. The van der Waals surface area contributed by atoms with Gasteiger partial charge in [0.25, 0.3) is 0 Å². The zero-order valence-corrected chi connectivity index (χ0v) is 14.0. The predicted octanol–water partition coefficient (Wildman–Crippen LogP) is 1.65. The highest BCUT2D eigenvalue weighted by Crippen LogP contribution is 2.31. The van der Waals surface area contributed by atoms with Crippen LogP contribution in [0.1, 0.15) is 44.2 Å². The maximum atomic E-state index is 10.5. The molecule has 1 aromatic rings. The number of β-amino-alcohol motifs (C(OH)–C–C–N with tert-alkyl or cyclic N) is 1. The molecular formula is C17H30N4O. The van der Waals surface area contributed by atoms with Crippen molar-refractivity contribution in [3.8, 4) is 0 Å². The minimum absolute atomic E-state index is 0.245. The second kappa shape index (κ2) is 7.11. The molecule has 0 amide bonds. The quantitative estimate of drug-likeness (QED) is 0.898. The Hall–Kier alpha value is -0.910. The molecule has 0 saturated carbocycles. The number of nitrogens with zero attached hydrogens (tertiary/aromatic N) is 4. The van der Waals surface area contributed by atoms with Crippen molar-refractivity contribution in [1.82, 2.24) is 19.6 Å². The van der Waals surface area contributed by atoms with E-state index in [1.165, 1.54) is 31.2 Å². The maximum absolute atomic E-state index is 10.5. The van der Waals surface area contributed by atoms with Crippen molar-refractivity contribution in [2.45, 2.75) is 44.8 Å². The molecule has 22 heavy (non-hydrogen) atoms. The van der Waals surface area contributed by atoms with Crippen LogP contribution in [0.15, 0.2) is 12.4 Å². The molecule has 0 bridgehead atoms. The Morgan fingerprint density at radius 3 is 2.68 bits per heavy atom. The van der Waals surface area contributed by atoms with Crippen molar-refractivity contribution >= 4 is 0 Å². The molecule has 1 aromatic heterocycles. The number of aliphatic hydroxyl groups is 1. The minimum Gasteiger partial charge on any atom is -0.390 e. The monoisotopic (exact) mass is 306 g/mol. The van der Waals surface area contributed by atoms with Crippen LogP contribution in [0.3, 0.4) is 0 Å². The number of piperidine rings is 1. The lowest BCUT2D eigenvalue weighted by Gasteiger charge is -2.33. The van der Waals surface area contributed by atoms with Crippen LogP contribution in [-0.4, -0.2) is 63.5 Å². The van der Waals surface area contributed by atoms with E-state index in [0.717, 1.165) is 38.6 Å². The molecule has 2 atom stereocenters. The number of aryl methyl sites for hydroxylation is 1. The van der Waals surface area contributed by atoms with E-state index in [9.17, 15) is 5.11 Å². The SMILES string of the molecule is CC1CCN(C[C@H](O)CN2CCC[C@H]2c2cnn(C)c2)CC1. The van der Waals surface area contributed by atoms with Gasteiger partial charge in [-0.3, -0.25) is 9.58 Å². The van der Waals surface area contributed by atoms with Crippen LogP contribution < -0.4 is 0 Å². The minimum atomic E-state index is -0.245. The van der Waals surface area contributed by atoms with Crippen LogP contribution in [0, 0.1) is 5.92 Å². The highest BCUT2D eigenvalue weighted by atomic mass is 16.3. The van der Waals surface area contributed by atoms with Gasteiger partial charge < -0.3 is 10.0 Å². The molecule has 3 rings (SSSR count). The molecule has 1 N–H and O–H groups in total. The van der Waals surface area contributed by atoms with E-state index in [1.54, 1.807) is 0 Å². The summed E-state index contributed by atoms with van der Waals surface area (Å²) in [7, 11) is 1.97. The first-order valence-corrected chi connectivity index (χ1v) is 8.75. The molecule has 0 radical (unpaired) electrons. The highest BCUT2D eigenvalue weighted by Gasteiger charge is 2.29. The summed E-state index contributed by atoms with van der Waals surface area (Å²) in [6, 6.07) is 0.435. The van der Waals surface area contributed by atoms with Gasteiger partial charge in [0, 0.05) is 37.9 Å². The Kier molecular flexibility index (Phi) is 5.16. The second-order valence-electron chi connectivity index (χ2n) is 7.24. The van der Waals surface area contributed by atoms with Crippen molar-refractivity contribution in [2.75, 3.05) is 32.7 Å². The van der Waals surface area contributed by atoms with Gasteiger partial charge in [-0.1, -0.05) is 6.92 Å². The number of hydrogen-bond acceptors (Lipinski definition) is 4. The average molecular weight is 306 g/mol. The van der Waals surface area contributed by atoms with Gasteiger partial charge in [0.15, 0.2) is 0 Å². The zero-order valence-electron chi connectivity index (χ0n) is 14.0. The fourth-order valence-electron chi connectivity index (χ4n) is 3.91. The summed E-state index contributed by atoms with van der Waals surface area (Å²) in [4.78, 5) is 4.87. The lowest BCUT2D eigenvalue weighted by atomic mass is 9.99. The van der Waals surface area contributed by atoms with Gasteiger partial charge in [-0.15, -0.1) is 0 Å². The van der Waals surface area contributed by atoms with Crippen LogP contribution in [0.25, 0.3) is 0 Å². The summed E-state index contributed by atoms with van der Waals surface area (Å²) in [5, 5.41) is 14.8. The smallest absolute Gasteiger partial charge is 0.0794 e. The van der Waals surface area contributed by atoms with Crippen molar-refractivity contribution < 1.29 is 5.11 Å². The predicted molar refractivity (Wildman–Crippen MR) is 87.6 cm³/mol. The zero-order chi connectivity index (χ0) is 15.5. The lowest BCUT2D eigenvalue weighted by Crippen LogP contribution is -2.43.